The zero-order valence-electron chi connectivity index (χ0n) is 11.1. The molecule has 0 spiro atoms. The summed E-state index contributed by atoms with van der Waals surface area (Å²) in [6.07, 6.45) is 0. The van der Waals surface area contributed by atoms with Crippen molar-refractivity contribution in [3.05, 3.63) is 52.2 Å². The van der Waals surface area contributed by atoms with E-state index in [4.69, 9.17) is 5.73 Å². The summed E-state index contributed by atoms with van der Waals surface area (Å²) >= 11 is 0.859. The number of thiophene rings is 1. The highest BCUT2D eigenvalue weighted by molar-refractivity contribution is 7.89. The van der Waals surface area contributed by atoms with Gasteiger partial charge >= 0.3 is 0 Å². The van der Waals surface area contributed by atoms with E-state index in [0.29, 0.717) is 0 Å². The van der Waals surface area contributed by atoms with Crippen molar-refractivity contribution in [3.8, 4) is 0 Å². The van der Waals surface area contributed by atoms with Gasteiger partial charge in [0.05, 0.1) is 21.8 Å². The Morgan fingerprint density at radius 1 is 1.23 bits per heavy atom. The molecule has 1 aromatic carbocycles. The number of aliphatic carboxylic acids is 1. The van der Waals surface area contributed by atoms with Crippen molar-refractivity contribution in [2.75, 3.05) is 0 Å². The number of rotatable bonds is 6. The summed E-state index contributed by atoms with van der Waals surface area (Å²) in [5, 5.41) is 12.4. The maximum absolute atomic E-state index is 12.2. The molecule has 3 N–H and O–H groups in total. The number of amides is 1. The van der Waals surface area contributed by atoms with E-state index in [0.717, 1.165) is 17.4 Å². The minimum atomic E-state index is -4.13. The van der Waals surface area contributed by atoms with E-state index in [-0.39, 0.29) is 15.3 Å². The molecule has 116 valence electrons. The van der Waals surface area contributed by atoms with Gasteiger partial charge in [0.2, 0.25) is 10.0 Å². The van der Waals surface area contributed by atoms with E-state index in [2.05, 4.69) is 0 Å². The van der Waals surface area contributed by atoms with Crippen LogP contribution in [0.15, 0.2) is 46.7 Å². The first-order chi connectivity index (χ1) is 10.3. The van der Waals surface area contributed by atoms with E-state index in [1.807, 2.05) is 4.72 Å². The normalized spacial score (nSPS) is 12.7. The highest BCUT2D eigenvalue weighted by Crippen LogP contribution is 2.21. The molecule has 0 aliphatic carbocycles. The summed E-state index contributed by atoms with van der Waals surface area (Å²) in [6, 6.07) is 7.31. The Balaban J connectivity index is 2.32. The van der Waals surface area contributed by atoms with E-state index in [9.17, 15) is 23.1 Å². The standard InChI is InChI=1S/C13H12N2O5S2/c14-12(16)10-6-9(7-21-10)22(19,20)15-11(13(17)18)8-4-2-1-3-5-8/h1-7,11,15H,(H2,14,16)(H,17,18)/p-1/t11-/m0/s1. The minimum Gasteiger partial charge on any atom is -0.548 e. The van der Waals surface area contributed by atoms with Crippen LogP contribution in [0.3, 0.4) is 0 Å². The third kappa shape index (κ3) is 3.50. The van der Waals surface area contributed by atoms with Crippen LogP contribution in [0.5, 0.6) is 0 Å². The van der Waals surface area contributed by atoms with Crippen LogP contribution in [-0.2, 0) is 14.8 Å². The number of hydrogen-bond donors (Lipinski definition) is 2. The van der Waals surface area contributed by atoms with Crippen molar-refractivity contribution in [2.45, 2.75) is 10.9 Å². The summed E-state index contributed by atoms with van der Waals surface area (Å²) in [6.45, 7) is 0. The van der Waals surface area contributed by atoms with E-state index < -0.39 is 27.9 Å². The highest BCUT2D eigenvalue weighted by atomic mass is 32.2. The van der Waals surface area contributed by atoms with Crippen LogP contribution in [0.25, 0.3) is 0 Å². The average molecular weight is 339 g/mol. The SMILES string of the molecule is NC(=O)c1cc(S(=O)(=O)N[C@H](C(=O)[O-])c2ccccc2)cs1. The number of nitrogens with one attached hydrogen (secondary N) is 1. The lowest BCUT2D eigenvalue weighted by atomic mass is 10.1. The van der Waals surface area contributed by atoms with Crippen molar-refractivity contribution >= 4 is 33.2 Å². The molecule has 0 bridgehead atoms. The molecular formula is C13H11N2O5S2-. The topological polar surface area (TPSA) is 129 Å². The minimum absolute atomic E-state index is 0.0603. The van der Waals surface area contributed by atoms with Crippen molar-refractivity contribution in [1.82, 2.24) is 4.72 Å². The van der Waals surface area contributed by atoms with Crippen LogP contribution in [-0.4, -0.2) is 20.3 Å². The molecule has 1 heterocycles. The van der Waals surface area contributed by atoms with Gasteiger partial charge in [-0.15, -0.1) is 11.3 Å². The number of benzene rings is 1. The van der Waals surface area contributed by atoms with Crippen LogP contribution in [0.4, 0.5) is 0 Å². The van der Waals surface area contributed by atoms with Crippen LogP contribution in [0.1, 0.15) is 21.3 Å². The number of carbonyl (C=O) groups is 2. The quantitative estimate of drug-likeness (QED) is 0.741. The van der Waals surface area contributed by atoms with Crippen LogP contribution in [0.2, 0.25) is 0 Å². The number of carboxylic acids is 1. The lowest BCUT2D eigenvalue weighted by molar-refractivity contribution is -0.308. The molecule has 0 saturated heterocycles. The first-order valence-corrected chi connectivity index (χ1v) is 8.34. The monoisotopic (exact) mass is 339 g/mol. The predicted octanol–water partition coefficient (Wildman–Crippen LogP) is -0.383. The molecule has 0 aliphatic heterocycles. The van der Waals surface area contributed by atoms with E-state index >= 15 is 0 Å². The Hall–Kier alpha value is -2.23. The number of hydrogen-bond acceptors (Lipinski definition) is 6. The second kappa shape index (κ2) is 6.26. The Morgan fingerprint density at radius 2 is 1.86 bits per heavy atom. The maximum atomic E-state index is 12.2. The van der Waals surface area contributed by atoms with Gasteiger partial charge < -0.3 is 15.6 Å². The summed E-state index contributed by atoms with van der Waals surface area (Å²) in [5.41, 5.74) is 5.30. The number of carbonyl (C=O) groups excluding carboxylic acids is 2. The van der Waals surface area contributed by atoms with Gasteiger partial charge in [-0.2, -0.15) is 4.72 Å². The van der Waals surface area contributed by atoms with Crippen molar-refractivity contribution < 1.29 is 23.1 Å². The summed E-state index contributed by atoms with van der Waals surface area (Å²) in [4.78, 5) is 22.1. The van der Waals surface area contributed by atoms with Gasteiger partial charge in [0.1, 0.15) is 0 Å². The Kier molecular flexibility index (Phi) is 4.59. The van der Waals surface area contributed by atoms with E-state index in [1.165, 1.54) is 17.5 Å². The van der Waals surface area contributed by atoms with Crippen molar-refractivity contribution in [1.29, 1.82) is 0 Å². The van der Waals surface area contributed by atoms with Gasteiger partial charge in [0.25, 0.3) is 5.91 Å². The second-order valence-corrected chi connectivity index (χ2v) is 6.92. The third-order valence-corrected chi connectivity index (χ3v) is 5.27. The van der Waals surface area contributed by atoms with Crippen molar-refractivity contribution in [3.63, 3.8) is 0 Å². The summed E-state index contributed by atoms with van der Waals surface area (Å²) in [7, 11) is -4.13. The van der Waals surface area contributed by atoms with Gasteiger partial charge in [-0.05, 0) is 11.6 Å². The summed E-state index contributed by atoms with van der Waals surface area (Å²) in [5.74, 6) is -2.34. The molecule has 0 unspecified atom stereocenters. The lowest BCUT2D eigenvalue weighted by Crippen LogP contribution is -2.41. The first-order valence-electron chi connectivity index (χ1n) is 5.98. The average Bonchev–Trinajstić information content (AvgIpc) is 2.96. The fraction of sp³-hybridized carbons (Fsp3) is 0.0769. The predicted molar refractivity (Wildman–Crippen MR) is 77.3 cm³/mol. The Labute approximate surface area is 130 Å². The maximum Gasteiger partial charge on any atom is 0.258 e. The molecule has 7 nitrogen and oxygen atoms in total. The van der Waals surface area contributed by atoms with Crippen LogP contribution < -0.4 is 15.6 Å². The highest BCUT2D eigenvalue weighted by Gasteiger charge is 2.24. The van der Waals surface area contributed by atoms with Crippen LogP contribution >= 0.6 is 11.3 Å². The van der Waals surface area contributed by atoms with Crippen LogP contribution in [0, 0.1) is 0 Å². The van der Waals surface area contributed by atoms with Gasteiger partial charge in [-0.25, -0.2) is 8.42 Å². The molecule has 1 atom stereocenters. The third-order valence-electron chi connectivity index (χ3n) is 2.77. The molecule has 9 heteroatoms. The zero-order valence-corrected chi connectivity index (χ0v) is 12.7. The smallest absolute Gasteiger partial charge is 0.258 e. The number of carboxylic acid groups (broad SMARTS) is 1. The second-order valence-electron chi connectivity index (χ2n) is 4.29. The number of sulfonamides is 1. The molecule has 1 amide bonds. The molecule has 2 rings (SSSR count). The molecule has 1 aromatic heterocycles. The molecule has 0 aliphatic rings. The molecule has 0 saturated carbocycles. The Morgan fingerprint density at radius 3 is 2.36 bits per heavy atom. The Bertz CT molecular complexity index is 799. The largest absolute Gasteiger partial charge is 0.548 e. The number of primary amides is 1. The number of nitrogens with two attached hydrogens (primary N) is 1. The van der Waals surface area contributed by atoms with E-state index in [1.54, 1.807) is 18.2 Å². The van der Waals surface area contributed by atoms with Gasteiger partial charge in [0, 0.05) is 5.38 Å². The zero-order chi connectivity index (χ0) is 16.3. The van der Waals surface area contributed by atoms with Gasteiger partial charge in [0.15, 0.2) is 0 Å². The fourth-order valence-electron chi connectivity index (χ4n) is 1.71. The first kappa shape index (κ1) is 16.1. The molecular weight excluding hydrogens is 328 g/mol. The molecule has 22 heavy (non-hydrogen) atoms. The van der Waals surface area contributed by atoms with Gasteiger partial charge in [-0.1, -0.05) is 30.3 Å². The lowest BCUT2D eigenvalue weighted by Gasteiger charge is -2.19. The van der Waals surface area contributed by atoms with Gasteiger partial charge in [-0.3, -0.25) is 4.79 Å². The van der Waals surface area contributed by atoms with Crippen molar-refractivity contribution in [2.24, 2.45) is 5.73 Å². The molecule has 0 radical (unpaired) electrons. The molecule has 0 fully saturated rings. The summed E-state index contributed by atoms with van der Waals surface area (Å²) < 4.78 is 26.5. The molecule has 2 aromatic rings. The fourth-order valence-corrected chi connectivity index (χ4v) is 4.01.